The second kappa shape index (κ2) is 5.29. The van der Waals surface area contributed by atoms with Crippen LogP contribution in [0.1, 0.15) is 6.92 Å². The number of anilines is 1. The van der Waals surface area contributed by atoms with E-state index in [1.54, 1.807) is 6.07 Å². The molecule has 5 nitrogen and oxygen atoms in total. The van der Waals surface area contributed by atoms with Crippen LogP contribution in [0.25, 0.3) is 11.0 Å². The summed E-state index contributed by atoms with van der Waals surface area (Å²) in [5, 5.41) is 11.1. The number of hydrogen-bond acceptors (Lipinski definition) is 6. The minimum Gasteiger partial charge on any atom is -0.480 e. The monoisotopic (exact) mass is 270 g/mol. The van der Waals surface area contributed by atoms with Gasteiger partial charge < -0.3 is 10.1 Å². The average Bonchev–Trinajstić information content (AvgIpc) is 2.76. The van der Waals surface area contributed by atoms with E-state index in [1.165, 1.54) is 0 Å². The lowest BCUT2D eigenvalue weighted by atomic mass is 10.2. The van der Waals surface area contributed by atoms with Crippen molar-refractivity contribution in [3.63, 3.8) is 0 Å². The van der Waals surface area contributed by atoms with Gasteiger partial charge in [-0.1, -0.05) is 11.6 Å². The number of hydrogen-bond donors (Lipinski definition) is 2. The van der Waals surface area contributed by atoms with Crippen LogP contribution in [0.5, 0.6) is 0 Å². The molecule has 1 heterocycles. The van der Waals surface area contributed by atoms with Crippen LogP contribution in [0.4, 0.5) is 5.69 Å². The third-order valence-electron chi connectivity index (χ3n) is 2.12. The van der Waals surface area contributed by atoms with Crippen molar-refractivity contribution in [2.75, 3.05) is 18.5 Å². The first-order valence-electron chi connectivity index (χ1n) is 5.07. The second-order valence-corrected chi connectivity index (χ2v) is 4.20. The van der Waals surface area contributed by atoms with Crippen molar-refractivity contribution < 1.29 is 4.74 Å². The number of nitrogens with one attached hydrogen (secondary N) is 2. The van der Waals surface area contributed by atoms with Crippen molar-refractivity contribution in [2.45, 2.75) is 6.92 Å². The lowest BCUT2D eigenvalue weighted by Crippen LogP contribution is -2.16. The number of rotatable bonds is 4. The van der Waals surface area contributed by atoms with Crippen LogP contribution >= 0.6 is 23.3 Å². The molecule has 2 N–H and O–H groups in total. The van der Waals surface area contributed by atoms with Gasteiger partial charge in [-0.15, -0.1) is 0 Å². The molecule has 0 fully saturated rings. The van der Waals surface area contributed by atoms with Crippen molar-refractivity contribution in [2.24, 2.45) is 0 Å². The topological polar surface area (TPSA) is 70.9 Å². The molecule has 0 saturated carbocycles. The van der Waals surface area contributed by atoms with E-state index in [1.807, 2.05) is 13.0 Å². The highest BCUT2D eigenvalue weighted by atomic mass is 35.5. The van der Waals surface area contributed by atoms with E-state index in [-0.39, 0.29) is 12.4 Å². The molecule has 1 aromatic carbocycles. The molecule has 2 rings (SSSR count). The first-order valence-corrected chi connectivity index (χ1v) is 6.18. The highest BCUT2D eigenvalue weighted by Gasteiger charge is 2.10. The predicted octanol–water partition coefficient (Wildman–Crippen LogP) is 2.77. The summed E-state index contributed by atoms with van der Waals surface area (Å²) in [4.78, 5) is 0. The maximum atomic E-state index is 7.52. The summed E-state index contributed by atoms with van der Waals surface area (Å²) in [5.41, 5.74) is 2.22. The summed E-state index contributed by atoms with van der Waals surface area (Å²) >= 11 is 7.22. The van der Waals surface area contributed by atoms with E-state index in [0.717, 1.165) is 22.8 Å². The van der Waals surface area contributed by atoms with Crippen LogP contribution < -0.4 is 5.32 Å². The molecule has 0 radical (unpaired) electrons. The van der Waals surface area contributed by atoms with Crippen molar-refractivity contribution >= 4 is 45.9 Å². The minimum absolute atomic E-state index is 0.170. The van der Waals surface area contributed by atoms with Gasteiger partial charge >= 0.3 is 0 Å². The lowest BCUT2D eigenvalue weighted by Gasteiger charge is -2.09. The normalized spacial score (nSPS) is 10.5. The molecule has 0 aliphatic rings. The van der Waals surface area contributed by atoms with E-state index >= 15 is 0 Å². The molecule has 0 aliphatic carbocycles. The first kappa shape index (κ1) is 12.1. The van der Waals surface area contributed by atoms with Gasteiger partial charge in [-0.2, -0.15) is 8.75 Å². The predicted molar refractivity (Wildman–Crippen MR) is 70.3 cm³/mol. The SMILES string of the molecule is CCOC(=N)CNc1c(Cl)ccc2nsnc12. The molecule has 17 heavy (non-hydrogen) atoms. The van der Waals surface area contributed by atoms with Crippen LogP contribution in [0.3, 0.4) is 0 Å². The van der Waals surface area contributed by atoms with Gasteiger partial charge in [-0.25, -0.2) is 0 Å². The van der Waals surface area contributed by atoms with E-state index in [2.05, 4.69) is 14.1 Å². The fourth-order valence-corrected chi connectivity index (χ4v) is 2.15. The Bertz CT molecular complexity index is 542. The summed E-state index contributed by atoms with van der Waals surface area (Å²) in [6.07, 6.45) is 0. The van der Waals surface area contributed by atoms with Gasteiger partial charge in [0.15, 0.2) is 5.90 Å². The molecule has 0 bridgehead atoms. The molecule has 0 atom stereocenters. The third-order valence-corrected chi connectivity index (χ3v) is 2.98. The molecule has 0 amide bonds. The fraction of sp³-hybridized carbons (Fsp3) is 0.300. The Hall–Kier alpha value is -1.40. The number of benzene rings is 1. The maximum Gasteiger partial charge on any atom is 0.200 e. The Morgan fingerprint density at radius 1 is 1.53 bits per heavy atom. The zero-order valence-corrected chi connectivity index (χ0v) is 10.7. The van der Waals surface area contributed by atoms with Gasteiger partial charge in [0.25, 0.3) is 0 Å². The maximum absolute atomic E-state index is 7.52. The van der Waals surface area contributed by atoms with Crippen molar-refractivity contribution in [3.05, 3.63) is 17.2 Å². The zero-order valence-electron chi connectivity index (χ0n) is 9.16. The zero-order chi connectivity index (χ0) is 12.3. The van der Waals surface area contributed by atoms with E-state index in [4.69, 9.17) is 21.7 Å². The Morgan fingerprint density at radius 2 is 2.35 bits per heavy atom. The van der Waals surface area contributed by atoms with Crippen LogP contribution in [0, 0.1) is 5.41 Å². The summed E-state index contributed by atoms with van der Waals surface area (Å²) in [7, 11) is 0. The first-order chi connectivity index (χ1) is 8.22. The van der Waals surface area contributed by atoms with Gasteiger partial charge in [0.05, 0.1) is 35.6 Å². The van der Waals surface area contributed by atoms with Crippen LogP contribution in [-0.2, 0) is 4.74 Å². The van der Waals surface area contributed by atoms with Gasteiger partial charge in [0.2, 0.25) is 0 Å². The molecule has 0 spiro atoms. The average molecular weight is 271 g/mol. The quantitative estimate of drug-likeness (QED) is 0.662. The smallest absolute Gasteiger partial charge is 0.200 e. The number of ether oxygens (including phenoxy) is 1. The number of nitrogens with zero attached hydrogens (tertiary/aromatic N) is 2. The number of halogens is 1. The molecule has 0 saturated heterocycles. The summed E-state index contributed by atoms with van der Waals surface area (Å²) in [5.74, 6) is 0.170. The Labute approximate surface area is 108 Å². The van der Waals surface area contributed by atoms with Gasteiger partial charge in [0, 0.05) is 0 Å². The molecular weight excluding hydrogens is 260 g/mol. The van der Waals surface area contributed by atoms with E-state index < -0.39 is 0 Å². The standard InChI is InChI=1S/C10H11ClN4OS/c1-2-16-8(12)5-13-9-6(11)3-4-7-10(9)15-17-14-7/h3-4,12-13H,2,5H2,1H3. The molecule has 7 heteroatoms. The highest BCUT2D eigenvalue weighted by Crippen LogP contribution is 2.29. The molecule has 0 aliphatic heterocycles. The third kappa shape index (κ3) is 2.65. The van der Waals surface area contributed by atoms with Crippen LogP contribution in [0.2, 0.25) is 5.02 Å². The fourth-order valence-electron chi connectivity index (χ4n) is 1.39. The minimum atomic E-state index is 0.170. The molecule has 2 aromatic rings. The Balaban J connectivity index is 2.19. The van der Waals surface area contributed by atoms with E-state index in [0.29, 0.717) is 17.3 Å². The van der Waals surface area contributed by atoms with Crippen molar-refractivity contribution in [3.8, 4) is 0 Å². The summed E-state index contributed by atoms with van der Waals surface area (Å²) in [6, 6.07) is 3.58. The van der Waals surface area contributed by atoms with Crippen molar-refractivity contribution in [1.82, 2.24) is 8.75 Å². The Morgan fingerprint density at radius 3 is 3.12 bits per heavy atom. The van der Waals surface area contributed by atoms with Crippen molar-refractivity contribution in [1.29, 1.82) is 5.41 Å². The lowest BCUT2D eigenvalue weighted by molar-refractivity contribution is 0.320. The van der Waals surface area contributed by atoms with Gasteiger partial charge in [0.1, 0.15) is 11.0 Å². The van der Waals surface area contributed by atoms with Crippen LogP contribution in [-0.4, -0.2) is 27.8 Å². The molecule has 0 unspecified atom stereocenters. The summed E-state index contributed by atoms with van der Waals surface area (Å²) < 4.78 is 13.3. The summed E-state index contributed by atoms with van der Waals surface area (Å²) in [6.45, 7) is 2.60. The Kier molecular flexibility index (Phi) is 3.75. The molecular formula is C10H11ClN4OS. The molecule has 90 valence electrons. The highest BCUT2D eigenvalue weighted by molar-refractivity contribution is 7.00. The number of fused-ring (bicyclic) bond motifs is 1. The molecule has 1 aromatic heterocycles. The second-order valence-electron chi connectivity index (χ2n) is 3.26. The van der Waals surface area contributed by atoms with Gasteiger partial charge in [-0.05, 0) is 19.1 Å². The van der Waals surface area contributed by atoms with E-state index in [9.17, 15) is 0 Å². The van der Waals surface area contributed by atoms with Crippen LogP contribution in [0.15, 0.2) is 12.1 Å². The van der Waals surface area contributed by atoms with Gasteiger partial charge in [-0.3, -0.25) is 5.41 Å². The number of aromatic nitrogens is 2. The largest absolute Gasteiger partial charge is 0.480 e.